The van der Waals surface area contributed by atoms with Gasteiger partial charge < -0.3 is 14.6 Å². The topological polar surface area (TPSA) is 38.7 Å². The molecule has 0 saturated heterocycles. The van der Waals surface area contributed by atoms with Crippen molar-refractivity contribution >= 4 is 0 Å². The maximum Gasteiger partial charge on any atom is 0.423 e. The van der Waals surface area contributed by atoms with E-state index < -0.39 is 25.1 Å². The largest absolute Gasteiger partial charge is 0.508 e. The molecule has 186 valence electrons. The second kappa shape index (κ2) is 8.95. The normalized spacial score (nSPS) is 31.9. The van der Waals surface area contributed by atoms with Gasteiger partial charge in [-0.1, -0.05) is 13.0 Å². The number of alkyl halides is 6. The molecule has 9 heteroatoms. The molecule has 3 aliphatic carbocycles. The van der Waals surface area contributed by atoms with Crippen LogP contribution in [0.15, 0.2) is 18.2 Å². The van der Waals surface area contributed by atoms with Crippen LogP contribution in [0.4, 0.5) is 26.3 Å². The zero-order chi connectivity index (χ0) is 24.0. The molecule has 0 amide bonds. The van der Waals surface area contributed by atoms with E-state index in [1.165, 1.54) is 11.1 Å². The van der Waals surface area contributed by atoms with Crippen LogP contribution in [0.5, 0.6) is 5.75 Å². The number of fused-ring (bicyclic) bond motifs is 5. The lowest BCUT2D eigenvalue weighted by Gasteiger charge is -2.50. The SMILES string of the molecule is C[C@]12CCC3c4ccc(O)cc4CC[C@H]3C1CC[C@@H]2OCCCOC(C(F)(F)F)C(F)(F)F. The van der Waals surface area contributed by atoms with Crippen molar-refractivity contribution < 1.29 is 40.9 Å². The third kappa shape index (κ3) is 4.85. The van der Waals surface area contributed by atoms with Crippen molar-refractivity contribution in [3.05, 3.63) is 29.3 Å². The fourth-order valence-corrected chi connectivity index (χ4v) is 6.65. The highest BCUT2D eigenvalue weighted by molar-refractivity contribution is 5.40. The lowest BCUT2D eigenvalue weighted by Crippen LogP contribution is -2.45. The summed E-state index contributed by atoms with van der Waals surface area (Å²) >= 11 is 0. The van der Waals surface area contributed by atoms with Gasteiger partial charge in [0.2, 0.25) is 6.10 Å². The van der Waals surface area contributed by atoms with Crippen molar-refractivity contribution in [1.29, 1.82) is 0 Å². The molecular weight excluding hydrogens is 450 g/mol. The smallest absolute Gasteiger partial charge is 0.423 e. The van der Waals surface area contributed by atoms with Crippen LogP contribution in [0.1, 0.15) is 62.5 Å². The number of aromatic hydroxyl groups is 1. The second-order valence-corrected chi connectivity index (χ2v) is 9.97. The molecular formula is C24H30F6O3. The molecule has 5 atom stereocenters. The van der Waals surface area contributed by atoms with Gasteiger partial charge in [0.15, 0.2) is 0 Å². The van der Waals surface area contributed by atoms with E-state index in [-0.39, 0.29) is 24.5 Å². The molecule has 0 aromatic heterocycles. The maximum absolute atomic E-state index is 12.6. The van der Waals surface area contributed by atoms with Crippen molar-refractivity contribution in [2.24, 2.45) is 17.3 Å². The molecule has 1 N–H and O–H groups in total. The van der Waals surface area contributed by atoms with Gasteiger partial charge in [-0.25, -0.2) is 0 Å². The van der Waals surface area contributed by atoms with Gasteiger partial charge >= 0.3 is 12.4 Å². The predicted octanol–water partition coefficient (Wildman–Crippen LogP) is 6.53. The van der Waals surface area contributed by atoms with Gasteiger partial charge in [0.05, 0.1) is 6.10 Å². The van der Waals surface area contributed by atoms with Crippen LogP contribution < -0.4 is 0 Å². The Kier molecular flexibility index (Phi) is 6.68. The van der Waals surface area contributed by atoms with E-state index in [9.17, 15) is 31.4 Å². The third-order valence-corrected chi connectivity index (χ3v) is 8.11. The Morgan fingerprint density at radius 2 is 1.76 bits per heavy atom. The number of ether oxygens (including phenoxy) is 2. The Morgan fingerprint density at radius 3 is 2.45 bits per heavy atom. The van der Waals surface area contributed by atoms with Crippen molar-refractivity contribution in [3.63, 3.8) is 0 Å². The quantitative estimate of drug-likeness (QED) is 0.372. The fraction of sp³-hybridized carbons (Fsp3) is 0.750. The number of hydrogen-bond donors (Lipinski definition) is 1. The van der Waals surface area contributed by atoms with Crippen LogP contribution in [-0.2, 0) is 15.9 Å². The van der Waals surface area contributed by atoms with Crippen molar-refractivity contribution in [1.82, 2.24) is 0 Å². The van der Waals surface area contributed by atoms with Gasteiger partial charge in [0.1, 0.15) is 5.75 Å². The van der Waals surface area contributed by atoms with Gasteiger partial charge in [-0.05, 0) is 91.4 Å². The minimum absolute atomic E-state index is 0.0250. The van der Waals surface area contributed by atoms with Crippen LogP contribution in [-0.4, -0.2) is 42.9 Å². The number of phenols is 1. The zero-order valence-corrected chi connectivity index (χ0v) is 18.5. The molecule has 1 aromatic carbocycles. The molecule has 33 heavy (non-hydrogen) atoms. The van der Waals surface area contributed by atoms with E-state index in [4.69, 9.17) is 4.74 Å². The Hall–Kier alpha value is -1.48. The van der Waals surface area contributed by atoms with E-state index in [0.717, 1.165) is 38.5 Å². The Morgan fingerprint density at radius 1 is 1.03 bits per heavy atom. The first-order valence-corrected chi connectivity index (χ1v) is 11.6. The number of benzene rings is 1. The maximum atomic E-state index is 12.6. The molecule has 1 aromatic rings. The van der Waals surface area contributed by atoms with Crippen LogP contribution in [0, 0.1) is 17.3 Å². The van der Waals surface area contributed by atoms with E-state index in [1.807, 2.05) is 12.1 Å². The van der Waals surface area contributed by atoms with Gasteiger partial charge in [0, 0.05) is 13.2 Å². The standard InChI is InChI=1S/C24H30F6O3/c1-22-10-9-17-16-6-4-15(31)13-14(16)3-5-18(17)19(22)7-8-20(22)32-11-2-12-33-21(23(25,26)27)24(28,29)30/h4,6,13,17-21,31H,2-3,5,7-12H2,1H3/t17?,18-,19?,20+,22+/m1/s1. The lowest BCUT2D eigenvalue weighted by molar-refractivity contribution is -0.322. The van der Waals surface area contributed by atoms with Crippen LogP contribution >= 0.6 is 0 Å². The average Bonchev–Trinajstić information content (AvgIpc) is 3.04. The number of hydrogen-bond acceptors (Lipinski definition) is 3. The molecule has 0 heterocycles. The Balaban J connectivity index is 1.31. The first-order valence-electron chi connectivity index (χ1n) is 11.6. The Labute approximate surface area is 189 Å². The van der Waals surface area contributed by atoms with Gasteiger partial charge in [-0.3, -0.25) is 0 Å². The van der Waals surface area contributed by atoms with E-state index in [0.29, 0.717) is 23.5 Å². The molecule has 2 unspecified atom stereocenters. The molecule has 0 radical (unpaired) electrons. The van der Waals surface area contributed by atoms with E-state index >= 15 is 0 Å². The summed E-state index contributed by atoms with van der Waals surface area (Å²) in [5.74, 6) is 1.75. The van der Waals surface area contributed by atoms with Crippen LogP contribution in [0.3, 0.4) is 0 Å². The number of aryl methyl sites for hydroxylation is 1. The summed E-state index contributed by atoms with van der Waals surface area (Å²) in [4.78, 5) is 0. The molecule has 3 nitrogen and oxygen atoms in total. The van der Waals surface area contributed by atoms with Crippen molar-refractivity contribution in [3.8, 4) is 5.75 Å². The van der Waals surface area contributed by atoms with E-state index in [2.05, 4.69) is 11.7 Å². The summed E-state index contributed by atoms with van der Waals surface area (Å²) in [7, 11) is 0. The van der Waals surface area contributed by atoms with Crippen LogP contribution in [0.2, 0.25) is 0 Å². The lowest BCUT2D eigenvalue weighted by atomic mass is 9.55. The molecule has 2 fully saturated rings. The van der Waals surface area contributed by atoms with Crippen molar-refractivity contribution in [2.75, 3.05) is 13.2 Å². The molecule has 4 rings (SSSR count). The second-order valence-electron chi connectivity index (χ2n) is 9.97. The summed E-state index contributed by atoms with van der Waals surface area (Å²) in [6, 6.07) is 5.66. The Bertz CT molecular complexity index is 824. The minimum Gasteiger partial charge on any atom is -0.508 e. The van der Waals surface area contributed by atoms with Gasteiger partial charge in [0.25, 0.3) is 0 Å². The molecule has 0 spiro atoms. The summed E-state index contributed by atoms with van der Waals surface area (Å²) in [5.41, 5.74) is 2.51. The summed E-state index contributed by atoms with van der Waals surface area (Å²) in [6.45, 7) is 1.63. The third-order valence-electron chi connectivity index (χ3n) is 8.11. The highest BCUT2D eigenvalue weighted by Gasteiger charge is 2.58. The summed E-state index contributed by atoms with van der Waals surface area (Å²) in [5, 5.41) is 9.80. The van der Waals surface area contributed by atoms with Crippen LogP contribution in [0.25, 0.3) is 0 Å². The monoisotopic (exact) mass is 480 g/mol. The molecule has 3 aliphatic rings. The highest BCUT2D eigenvalue weighted by atomic mass is 19.4. The molecule has 0 aliphatic heterocycles. The average molecular weight is 480 g/mol. The zero-order valence-electron chi connectivity index (χ0n) is 18.5. The molecule has 0 bridgehead atoms. The first kappa shape index (κ1) is 24.6. The van der Waals surface area contributed by atoms with E-state index in [1.54, 1.807) is 6.07 Å². The summed E-state index contributed by atoms with van der Waals surface area (Å²) in [6.07, 6.45) is -8.99. The first-order chi connectivity index (χ1) is 15.4. The highest BCUT2D eigenvalue weighted by Crippen LogP contribution is 2.61. The number of phenolic OH excluding ortho intramolecular Hbond substituents is 1. The van der Waals surface area contributed by atoms with Gasteiger partial charge in [-0.2, -0.15) is 26.3 Å². The predicted molar refractivity (Wildman–Crippen MR) is 109 cm³/mol. The number of halogens is 6. The van der Waals surface area contributed by atoms with Crippen molar-refractivity contribution in [2.45, 2.75) is 82.3 Å². The minimum atomic E-state index is -5.48. The fourth-order valence-electron chi connectivity index (χ4n) is 6.65. The summed E-state index contributed by atoms with van der Waals surface area (Å²) < 4.78 is 85.5. The molecule has 2 saturated carbocycles. The van der Waals surface area contributed by atoms with Gasteiger partial charge in [-0.15, -0.1) is 0 Å². The number of rotatable bonds is 6.